The lowest BCUT2D eigenvalue weighted by Crippen LogP contribution is -2.52. The number of hydrogen-bond donors (Lipinski definition) is 3. The predicted octanol–water partition coefficient (Wildman–Crippen LogP) is 12.6. The number of ether oxygens (including phenoxy) is 4. The molecule has 0 unspecified atom stereocenters. The van der Waals surface area contributed by atoms with Gasteiger partial charge in [0, 0.05) is 14.7 Å². The molecule has 15 heteroatoms. The third-order valence-corrected chi connectivity index (χ3v) is 21.1. The highest BCUT2D eigenvalue weighted by molar-refractivity contribution is 8.62. The number of carbonyl (C=O) groups is 2. The molecular formula is C53H49F3O10S2. The number of rotatable bonds is 15. The van der Waals surface area contributed by atoms with Gasteiger partial charge >= 0.3 is 17.4 Å². The normalized spacial score (nSPS) is 12.6. The third-order valence-electron chi connectivity index (χ3n) is 10.9. The van der Waals surface area contributed by atoms with Crippen molar-refractivity contribution in [1.82, 2.24) is 0 Å². The average Bonchev–Trinajstić information content (AvgIpc) is 3.30. The monoisotopic (exact) mass is 966 g/mol. The van der Waals surface area contributed by atoms with Crippen LogP contribution in [0.4, 0.5) is 13.2 Å². The van der Waals surface area contributed by atoms with E-state index >= 15 is 13.2 Å². The molecule has 0 spiro atoms. The molecule has 0 bridgehead atoms. The summed E-state index contributed by atoms with van der Waals surface area (Å²) in [5.41, 5.74) is -0.375. The molecule has 0 radical (unpaired) electrons. The number of phenolic OH excluding ortho intramolecular Hbond substituents is 1. The van der Waals surface area contributed by atoms with E-state index in [9.17, 15) is 28.0 Å². The maximum atomic E-state index is 15.9. The van der Waals surface area contributed by atoms with Gasteiger partial charge in [-0.3, -0.25) is 13.9 Å². The molecule has 7 aromatic carbocycles. The first-order chi connectivity index (χ1) is 32.3. The van der Waals surface area contributed by atoms with E-state index in [1.807, 2.05) is 75.4 Å². The van der Waals surface area contributed by atoms with Crippen LogP contribution in [0.1, 0.15) is 27.2 Å². The van der Waals surface area contributed by atoms with Crippen molar-refractivity contribution in [2.24, 2.45) is 5.41 Å². The van der Waals surface area contributed by atoms with Crippen molar-refractivity contribution in [1.29, 1.82) is 0 Å². The van der Waals surface area contributed by atoms with Crippen LogP contribution in [-0.2, 0) is 31.1 Å². The average molecular weight is 967 g/mol. The molecule has 0 atom stereocenters. The van der Waals surface area contributed by atoms with Crippen LogP contribution in [-0.4, -0.2) is 55.7 Å². The molecule has 68 heavy (non-hydrogen) atoms. The van der Waals surface area contributed by atoms with Crippen molar-refractivity contribution in [3.05, 3.63) is 176 Å². The summed E-state index contributed by atoms with van der Waals surface area (Å²) in [6, 6.07) is 44.3. The summed E-state index contributed by atoms with van der Waals surface area (Å²) in [5, 5.41) is 9.92. The summed E-state index contributed by atoms with van der Waals surface area (Å²) in [5.74, 6) is 0.0408. The number of esters is 2. The van der Waals surface area contributed by atoms with Crippen molar-refractivity contribution >= 4 is 28.7 Å². The SMILES string of the molecule is CC(C)(C)CC(=O)Oc1ccc(-c2cc(-c3ccc(O)cc3)cc(-c3ccc(OCC(=O)OCCOc4ccc(S(c5ccccc5)(c5ccccc5)(C(F)(F)F)=S(=O)(O)O)cc4)cc3)c2)cc1. The number of hydrogen-bond acceptors (Lipinski definition) is 8. The maximum Gasteiger partial charge on any atom is 0.443 e. The summed E-state index contributed by atoms with van der Waals surface area (Å²) < 4.78 is 106. The number of carbonyl (C=O) groups excluding carboxylic acids is 2. The summed E-state index contributed by atoms with van der Waals surface area (Å²) in [4.78, 5) is 23.3. The van der Waals surface area contributed by atoms with Gasteiger partial charge < -0.3 is 24.1 Å². The van der Waals surface area contributed by atoms with Crippen LogP contribution in [0.25, 0.3) is 33.4 Å². The number of aromatic hydroxyl groups is 1. The van der Waals surface area contributed by atoms with Crippen molar-refractivity contribution in [3.8, 4) is 56.4 Å². The van der Waals surface area contributed by atoms with Crippen LogP contribution in [0.3, 0.4) is 0 Å². The van der Waals surface area contributed by atoms with Gasteiger partial charge in [-0.2, -0.15) is 13.2 Å². The molecule has 7 rings (SSSR count). The summed E-state index contributed by atoms with van der Waals surface area (Å²) in [6.07, 6.45) is 0.278. The van der Waals surface area contributed by atoms with E-state index in [-0.39, 0.29) is 42.5 Å². The zero-order valence-corrected chi connectivity index (χ0v) is 38.9. The highest BCUT2D eigenvalue weighted by atomic mass is 32.9. The van der Waals surface area contributed by atoms with Crippen LogP contribution < -0.4 is 14.2 Å². The molecule has 0 fully saturated rings. The Labute approximate surface area is 392 Å². The molecule has 0 saturated heterocycles. The highest BCUT2D eigenvalue weighted by Gasteiger charge is 2.66. The third kappa shape index (κ3) is 9.88. The summed E-state index contributed by atoms with van der Waals surface area (Å²) in [7, 11) is -11.9. The largest absolute Gasteiger partial charge is 0.508 e. The minimum atomic E-state index is -6.23. The fourth-order valence-corrected chi connectivity index (χ4v) is 16.4. The first kappa shape index (κ1) is 49.0. The number of halogens is 3. The molecule has 0 aliphatic rings. The number of alkyl halides is 3. The quantitative estimate of drug-likeness (QED) is 0.0515. The van der Waals surface area contributed by atoms with E-state index < -0.39 is 49.5 Å². The van der Waals surface area contributed by atoms with E-state index in [0.29, 0.717) is 11.5 Å². The van der Waals surface area contributed by atoms with Crippen LogP contribution in [0.5, 0.6) is 23.0 Å². The summed E-state index contributed by atoms with van der Waals surface area (Å²) in [6.45, 7) is 5.06. The topological polar surface area (TPSA) is 149 Å². The Morgan fingerprint density at radius 2 is 0.941 bits per heavy atom. The lowest BCUT2D eigenvalue weighted by Gasteiger charge is -2.50. The van der Waals surface area contributed by atoms with Crippen molar-refractivity contribution in [2.75, 3.05) is 19.8 Å². The van der Waals surface area contributed by atoms with Crippen LogP contribution in [0, 0.1) is 5.41 Å². The zero-order valence-electron chi connectivity index (χ0n) is 37.2. The number of phenols is 1. The molecule has 7 aromatic rings. The van der Waals surface area contributed by atoms with Crippen LogP contribution in [0.2, 0.25) is 0 Å². The van der Waals surface area contributed by atoms with E-state index in [1.54, 1.807) is 36.4 Å². The van der Waals surface area contributed by atoms with Gasteiger partial charge in [-0.05, 0) is 150 Å². The fourth-order valence-electron chi connectivity index (χ4n) is 7.80. The Morgan fingerprint density at radius 3 is 1.38 bits per heavy atom. The van der Waals surface area contributed by atoms with Gasteiger partial charge in [-0.25, -0.2) is 9.00 Å². The standard InChI is InChI=1S/C53H49F3O10S2/c1-52(2,3)35-50(58)66-46-24-18-39(19-25-46)42-33-40(37-14-20-43(57)21-15-37)32-41(34-42)38-16-22-45(23-17-38)65-36-51(59)64-31-30-63-44-26-28-49(29-27-44)68(53(54,55)56,67(60,61)62,47-10-6-4-7-11-47)48-12-8-5-9-13-48/h4-29,32-34,57H,30-31,35-36H2,1-3H3,(H2,60,61,62). The molecule has 0 heterocycles. The lowest BCUT2D eigenvalue weighted by molar-refractivity contribution is -0.146. The van der Waals surface area contributed by atoms with Gasteiger partial charge in [0.05, 0.1) is 6.42 Å². The van der Waals surface area contributed by atoms with Gasteiger partial charge in [-0.1, -0.05) is 93.6 Å². The molecule has 0 aromatic heterocycles. The molecular weight excluding hydrogens is 918 g/mol. The minimum absolute atomic E-state index is 0.0765. The maximum absolute atomic E-state index is 15.9. The van der Waals surface area contributed by atoms with E-state index in [2.05, 4.69) is 0 Å². The van der Waals surface area contributed by atoms with Crippen molar-refractivity contribution in [2.45, 2.75) is 47.4 Å². The smallest absolute Gasteiger partial charge is 0.443 e. The number of benzene rings is 7. The Kier molecular flexibility index (Phi) is 14.2. The molecule has 0 saturated carbocycles. The van der Waals surface area contributed by atoms with Crippen molar-refractivity contribution in [3.63, 3.8) is 0 Å². The van der Waals surface area contributed by atoms with E-state index in [4.69, 9.17) is 18.9 Å². The van der Waals surface area contributed by atoms with Crippen LogP contribution >= 0.6 is 0 Å². The predicted molar refractivity (Wildman–Crippen MR) is 257 cm³/mol. The second kappa shape index (κ2) is 19.7. The van der Waals surface area contributed by atoms with Gasteiger partial charge in [0.15, 0.2) is 6.61 Å². The zero-order chi connectivity index (χ0) is 48.8. The van der Waals surface area contributed by atoms with E-state index in [0.717, 1.165) is 69.8 Å². The lowest BCUT2D eigenvalue weighted by atomic mass is 9.92. The molecule has 10 nitrogen and oxygen atoms in total. The summed E-state index contributed by atoms with van der Waals surface area (Å²) >= 11 is 0. The Morgan fingerprint density at radius 1 is 0.529 bits per heavy atom. The second-order valence-electron chi connectivity index (χ2n) is 16.9. The minimum Gasteiger partial charge on any atom is -0.508 e. The first-order valence-corrected chi connectivity index (χ1v) is 25.3. The Hall–Kier alpha value is -6.91. The van der Waals surface area contributed by atoms with Crippen LogP contribution in [0.15, 0.2) is 191 Å². The molecule has 354 valence electrons. The highest BCUT2D eigenvalue weighted by Crippen LogP contribution is 2.64. The second-order valence-corrected chi connectivity index (χ2v) is 24.9. The van der Waals surface area contributed by atoms with Gasteiger partial charge in [0.2, 0.25) is 9.05 Å². The van der Waals surface area contributed by atoms with Crippen molar-refractivity contribution < 1.29 is 60.1 Å². The molecule has 0 amide bonds. The van der Waals surface area contributed by atoms with Gasteiger partial charge in [0.25, 0.3) is 0 Å². The Balaban J connectivity index is 1.00. The van der Waals surface area contributed by atoms with Gasteiger partial charge in [-0.15, -0.1) is 0 Å². The Bertz CT molecular complexity index is 3000. The van der Waals surface area contributed by atoms with E-state index in [1.165, 1.54) is 48.5 Å². The molecule has 0 aliphatic carbocycles. The van der Waals surface area contributed by atoms with Gasteiger partial charge in [0.1, 0.15) is 36.2 Å². The molecule has 3 N–H and O–H groups in total. The fraction of sp³-hybridized carbons (Fsp3) is 0.170. The first-order valence-electron chi connectivity index (χ1n) is 21.2. The molecule has 0 aliphatic heterocycles.